The zero-order valence-electron chi connectivity index (χ0n) is 15.4. The van der Waals surface area contributed by atoms with E-state index in [9.17, 15) is 4.79 Å². The van der Waals surface area contributed by atoms with E-state index in [1.54, 1.807) is 4.90 Å². The molecule has 134 valence electrons. The van der Waals surface area contributed by atoms with Crippen molar-refractivity contribution in [1.82, 2.24) is 4.57 Å². The predicted octanol–water partition coefficient (Wildman–Crippen LogP) is 0.462. The third-order valence-corrected chi connectivity index (χ3v) is 5.73. The Balaban J connectivity index is 1.52. The monoisotopic (exact) mass is 361 g/mol. The van der Waals surface area contributed by atoms with Gasteiger partial charge in [-0.25, -0.2) is 0 Å². The third kappa shape index (κ3) is 4.32. The van der Waals surface area contributed by atoms with Crippen molar-refractivity contribution in [3.8, 4) is 0 Å². The summed E-state index contributed by atoms with van der Waals surface area (Å²) < 4.78 is 2.09. The molecule has 1 aliphatic heterocycles. The molecule has 5 heteroatoms. The molecule has 1 fully saturated rings. The van der Waals surface area contributed by atoms with Crippen LogP contribution in [0.15, 0.2) is 30.3 Å². The molecule has 1 aliphatic rings. The number of carbonyl (C=O) groups excluding carboxylic acids is 1. The summed E-state index contributed by atoms with van der Waals surface area (Å²) in [6.45, 7) is 9.99. The van der Waals surface area contributed by atoms with Gasteiger partial charge < -0.3 is 14.4 Å². The van der Waals surface area contributed by atoms with Gasteiger partial charge >= 0.3 is 0 Å². The Morgan fingerprint density at radius 3 is 2.40 bits per heavy atom. The number of benzene rings is 1. The van der Waals surface area contributed by atoms with Crippen molar-refractivity contribution in [2.75, 3.05) is 32.7 Å². The Kier molecular flexibility index (Phi) is 5.62. The Morgan fingerprint density at radius 2 is 1.80 bits per heavy atom. The maximum absolute atomic E-state index is 12.7. The number of piperazine rings is 1. The number of nitrogens with zero attached hydrogens (tertiary/aromatic N) is 1. The van der Waals surface area contributed by atoms with E-state index in [-0.39, 0.29) is 5.78 Å². The fourth-order valence-corrected chi connectivity index (χ4v) is 3.92. The molecule has 0 saturated carbocycles. The lowest BCUT2D eigenvalue weighted by Gasteiger charge is -2.29. The first kappa shape index (κ1) is 18.2. The van der Waals surface area contributed by atoms with Crippen molar-refractivity contribution in [3.63, 3.8) is 0 Å². The molecule has 0 aliphatic carbocycles. The predicted molar refractivity (Wildman–Crippen MR) is 101 cm³/mol. The van der Waals surface area contributed by atoms with E-state index in [4.69, 9.17) is 11.6 Å². The first-order valence-corrected chi connectivity index (χ1v) is 9.39. The van der Waals surface area contributed by atoms with Crippen LogP contribution in [0.1, 0.15) is 27.3 Å². The van der Waals surface area contributed by atoms with Crippen LogP contribution >= 0.6 is 11.6 Å². The molecule has 0 bridgehead atoms. The largest absolute Gasteiger partial charge is 0.351 e. The van der Waals surface area contributed by atoms with Gasteiger partial charge in [-0.15, -0.1) is 0 Å². The molecular weight excluding hydrogens is 334 g/mol. The van der Waals surface area contributed by atoms with Gasteiger partial charge in [0, 0.05) is 34.6 Å². The van der Waals surface area contributed by atoms with Crippen LogP contribution in [-0.4, -0.2) is 43.1 Å². The lowest BCUT2D eigenvalue weighted by atomic mass is 10.1. The number of Topliss-reactive ketones (excluding diaryl/α,β-unsaturated/α-hetero) is 1. The topological polar surface area (TPSA) is 30.9 Å². The van der Waals surface area contributed by atoms with E-state index in [0.717, 1.165) is 54.7 Å². The normalized spacial score (nSPS) is 20.6. The Bertz CT molecular complexity index is 760. The van der Waals surface area contributed by atoms with Crippen molar-refractivity contribution in [3.05, 3.63) is 57.9 Å². The van der Waals surface area contributed by atoms with Crippen molar-refractivity contribution in [2.45, 2.75) is 20.4 Å². The summed E-state index contributed by atoms with van der Waals surface area (Å²) in [5.41, 5.74) is 4.40. The summed E-state index contributed by atoms with van der Waals surface area (Å²) in [6, 6.07) is 10.2. The number of aryl methyl sites for hydroxylation is 1. The molecule has 0 spiro atoms. The molecule has 25 heavy (non-hydrogen) atoms. The maximum atomic E-state index is 12.7. The molecule has 2 aromatic rings. The summed E-state index contributed by atoms with van der Waals surface area (Å²) in [5, 5.41) is 0.806. The first-order chi connectivity index (χ1) is 11.9. The minimum Gasteiger partial charge on any atom is -0.351 e. The smallest absolute Gasteiger partial charge is 0.218 e. The molecule has 0 radical (unpaired) electrons. The molecule has 4 nitrogen and oxygen atoms in total. The second kappa shape index (κ2) is 7.73. The number of hydrogen-bond donors (Lipinski definition) is 2. The van der Waals surface area contributed by atoms with Gasteiger partial charge in [-0.2, -0.15) is 0 Å². The van der Waals surface area contributed by atoms with E-state index < -0.39 is 0 Å². The minimum absolute atomic E-state index is 0.273. The summed E-state index contributed by atoms with van der Waals surface area (Å²) in [4.78, 5) is 15.6. The molecule has 0 atom stereocenters. The minimum atomic E-state index is 0.273. The third-order valence-electron chi connectivity index (χ3n) is 5.49. The number of nitrogens with one attached hydrogen (secondary N) is 2. The Morgan fingerprint density at radius 1 is 1.12 bits per heavy atom. The summed E-state index contributed by atoms with van der Waals surface area (Å²) >= 11 is 6.07. The SMILES string of the molecule is Cc1cc(C(=O)C[NH+]2CC[NH+](Cc3cccc(Cl)c3)CC2)c(C)n1C. The maximum Gasteiger partial charge on any atom is 0.218 e. The number of quaternary nitrogens is 2. The van der Waals surface area contributed by atoms with Crippen molar-refractivity contribution >= 4 is 17.4 Å². The van der Waals surface area contributed by atoms with E-state index in [2.05, 4.69) is 23.6 Å². The number of aromatic nitrogens is 1. The van der Waals surface area contributed by atoms with Gasteiger partial charge in [-0.3, -0.25) is 4.79 Å². The fraction of sp³-hybridized carbons (Fsp3) is 0.450. The van der Waals surface area contributed by atoms with Crippen LogP contribution in [0.5, 0.6) is 0 Å². The van der Waals surface area contributed by atoms with Crippen LogP contribution in [0.25, 0.3) is 0 Å². The Hall–Kier alpha value is -1.62. The van der Waals surface area contributed by atoms with E-state index in [1.165, 1.54) is 10.5 Å². The van der Waals surface area contributed by atoms with Crippen LogP contribution in [0.3, 0.4) is 0 Å². The number of halogens is 1. The number of carbonyl (C=O) groups is 1. The van der Waals surface area contributed by atoms with Gasteiger partial charge in [-0.1, -0.05) is 23.7 Å². The standard InChI is InChI=1S/C20H26ClN3O/c1-15-11-19(16(2)22(15)3)20(25)14-24-9-7-23(8-10-24)13-17-5-4-6-18(21)12-17/h4-6,11-12H,7-10,13-14H2,1-3H3/p+2. The lowest BCUT2D eigenvalue weighted by molar-refractivity contribution is -1.01. The highest BCUT2D eigenvalue weighted by atomic mass is 35.5. The van der Waals surface area contributed by atoms with Gasteiger partial charge in [0.1, 0.15) is 39.3 Å². The summed E-state index contributed by atoms with van der Waals surface area (Å²) in [6.07, 6.45) is 0. The first-order valence-electron chi connectivity index (χ1n) is 9.01. The summed E-state index contributed by atoms with van der Waals surface area (Å²) in [7, 11) is 2.02. The van der Waals surface area contributed by atoms with Gasteiger partial charge in [0.25, 0.3) is 0 Å². The van der Waals surface area contributed by atoms with Crippen LogP contribution in [0, 0.1) is 13.8 Å². The van der Waals surface area contributed by atoms with Gasteiger partial charge in [0.05, 0.1) is 0 Å². The highest BCUT2D eigenvalue weighted by Gasteiger charge is 2.26. The zero-order chi connectivity index (χ0) is 18.0. The molecule has 1 saturated heterocycles. The molecule has 2 heterocycles. The highest BCUT2D eigenvalue weighted by Crippen LogP contribution is 2.13. The molecule has 3 rings (SSSR count). The van der Waals surface area contributed by atoms with Gasteiger partial charge in [0.2, 0.25) is 5.78 Å². The Labute approximate surface area is 155 Å². The van der Waals surface area contributed by atoms with Gasteiger partial charge in [-0.05, 0) is 32.0 Å². The average molecular weight is 362 g/mol. The van der Waals surface area contributed by atoms with E-state index >= 15 is 0 Å². The number of hydrogen-bond acceptors (Lipinski definition) is 1. The quantitative estimate of drug-likeness (QED) is 0.745. The second-order valence-electron chi connectivity index (χ2n) is 7.25. The molecule has 1 aromatic heterocycles. The second-order valence-corrected chi connectivity index (χ2v) is 7.69. The average Bonchev–Trinajstić information content (AvgIpc) is 2.84. The fourth-order valence-electron chi connectivity index (χ4n) is 3.71. The summed E-state index contributed by atoms with van der Waals surface area (Å²) in [5.74, 6) is 0.273. The van der Waals surface area contributed by atoms with Gasteiger partial charge in [0.15, 0.2) is 0 Å². The van der Waals surface area contributed by atoms with E-state index in [0.29, 0.717) is 6.54 Å². The lowest BCUT2D eigenvalue weighted by Crippen LogP contribution is -3.27. The molecule has 1 aromatic carbocycles. The van der Waals surface area contributed by atoms with E-state index in [1.807, 2.05) is 32.2 Å². The van der Waals surface area contributed by atoms with Crippen LogP contribution in [-0.2, 0) is 13.6 Å². The van der Waals surface area contributed by atoms with Crippen molar-refractivity contribution in [2.24, 2.45) is 7.05 Å². The zero-order valence-corrected chi connectivity index (χ0v) is 16.1. The van der Waals surface area contributed by atoms with Crippen molar-refractivity contribution < 1.29 is 14.6 Å². The number of rotatable bonds is 5. The molecule has 0 unspecified atom stereocenters. The highest BCUT2D eigenvalue weighted by molar-refractivity contribution is 6.30. The molecule has 2 N–H and O–H groups in total. The van der Waals surface area contributed by atoms with Crippen LogP contribution in [0.4, 0.5) is 0 Å². The molecular formula is C20H28ClN3O+2. The molecule has 0 amide bonds. The van der Waals surface area contributed by atoms with Crippen LogP contribution in [0.2, 0.25) is 5.02 Å². The number of ketones is 1. The van der Waals surface area contributed by atoms with Crippen LogP contribution < -0.4 is 9.80 Å². The van der Waals surface area contributed by atoms with Crippen molar-refractivity contribution in [1.29, 1.82) is 0 Å².